The Balaban J connectivity index is 1.69. The molecule has 2 aliphatic heterocycles. The molecule has 2 aromatic rings. The number of esters is 2. The Kier molecular flexibility index (Phi) is 9.06. The van der Waals surface area contributed by atoms with Crippen LogP contribution in [0.2, 0.25) is 0 Å². The summed E-state index contributed by atoms with van der Waals surface area (Å²) in [5.41, 5.74) is 7.75. The maximum absolute atomic E-state index is 13.3. The lowest BCUT2D eigenvalue weighted by atomic mass is 10.0. The lowest BCUT2D eigenvalue weighted by Gasteiger charge is -2.24. The fourth-order valence-corrected chi connectivity index (χ4v) is 4.57. The first-order valence-electron chi connectivity index (χ1n) is 12.9. The van der Waals surface area contributed by atoms with Gasteiger partial charge in [0.05, 0.1) is 11.7 Å². The summed E-state index contributed by atoms with van der Waals surface area (Å²) in [7, 11) is 1.49. The minimum Gasteiger partial charge on any atom is -0.467 e. The molecule has 0 bridgehead atoms. The highest BCUT2D eigenvalue weighted by Crippen LogP contribution is 2.35. The molecule has 9 nitrogen and oxygen atoms in total. The monoisotopic (exact) mass is 537 g/mol. The third kappa shape index (κ3) is 7.26. The van der Waals surface area contributed by atoms with Crippen LogP contribution in [-0.2, 0) is 23.7 Å². The molecule has 208 valence electrons. The minimum atomic E-state index is -0.891. The van der Waals surface area contributed by atoms with E-state index in [-0.39, 0.29) is 18.1 Å². The van der Waals surface area contributed by atoms with Gasteiger partial charge in [-0.2, -0.15) is 0 Å². The van der Waals surface area contributed by atoms with E-state index >= 15 is 0 Å². The number of benzene rings is 2. The number of anilines is 1. The third-order valence-electron chi connectivity index (χ3n) is 6.26. The molecule has 2 heterocycles. The molecule has 2 N–H and O–H groups in total. The van der Waals surface area contributed by atoms with Crippen molar-refractivity contribution in [1.82, 2.24) is 0 Å². The largest absolute Gasteiger partial charge is 0.467 e. The maximum atomic E-state index is 13.3. The van der Waals surface area contributed by atoms with E-state index in [4.69, 9.17) is 34.2 Å². The number of methoxy groups -OCH3 is 1. The average molecular weight is 538 g/mol. The van der Waals surface area contributed by atoms with Gasteiger partial charge in [0.1, 0.15) is 29.6 Å². The van der Waals surface area contributed by atoms with Crippen LogP contribution in [0, 0.1) is 0 Å². The van der Waals surface area contributed by atoms with Crippen LogP contribution in [0.15, 0.2) is 60.7 Å². The van der Waals surface area contributed by atoms with E-state index < -0.39 is 42.1 Å². The summed E-state index contributed by atoms with van der Waals surface area (Å²) in [5, 5.41) is 0. The molecule has 0 aromatic heterocycles. The van der Waals surface area contributed by atoms with Crippen molar-refractivity contribution in [2.45, 2.75) is 63.8 Å². The van der Waals surface area contributed by atoms with Crippen LogP contribution in [0.3, 0.4) is 0 Å². The number of hydrogen-bond donors (Lipinski definition) is 1. The summed E-state index contributed by atoms with van der Waals surface area (Å²) in [5.74, 6) is -1.64. The molecule has 0 saturated carbocycles. The van der Waals surface area contributed by atoms with Crippen LogP contribution in [-0.4, -0.2) is 56.0 Å². The van der Waals surface area contributed by atoms with Gasteiger partial charge in [-0.3, -0.25) is 0 Å². The van der Waals surface area contributed by atoms with E-state index in [9.17, 15) is 9.59 Å². The Morgan fingerprint density at radius 3 is 2.62 bits per heavy atom. The van der Waals surface area contributed by atoms with Gasteiger partial charge in [-0.1, -0.05) is 36.4 Å². The Hall–Kier alpha value is -3.66. The molecule has 2 aromatic carbocycles. The van der Waals surface area contributed by atoms with Gasteiger partial charge in [-0.15, -0.1) is 0 Å². The summed E-state index contributed by atoms with van der Waals surface area (Å²) in [6, 6.07) is 12.0. The van der Waals surface area contributed by atoms with Crippen LogP contribution in [0.5, 0.6) is 5.75 Å². The van der Waals surface area contributed by atoms with E-state index in [2.05, 4.69) is 0 Å². The van der Waals surface area contributed by atoms with E-state index in [0.717, 1.165) is 0 Å². The Morgan fingerprint density at radius 1 is 1.10 bits per heavy atom. The van der Waals surface area contributed by atoms with Crippen molar-refractivity contribution < 1.29 is 38.0 Å². The third-order valence-corrected chi connectivity index (χ3v) is 6.26. The van der Waals surface area contributed by atoms with E-state index in [0.29, 0.717) is 29.7 Å². The van der Waals surface area contributed by atoms with Crippen molar-refractivity contribution in [3.05, 3.63) is 77.4 Å². The molecule has 4 rings (SSSR count). The summed E-state index contributed by atoms with van der Waals surface area (Å²) >= 11 is 0. The number of carbonyl (C=O) groups excluding carboxylic acids is 2. The molecule has 0 radical (unpaired) electrons. The second kappa shape index (κ2) is 12.5. The van der Waals surface area contributed by atoms with Gasteiger partial charge < -0.3 is 34.2 Å². The molecular formula is C30H35NO8. The Bertz CT molecular complexity index is 1220. The van der Waals surface area contributed by atoms with E-state index in [1.165, 1.54) is 7.11 Å². The Labute approximate surface area is 228 Å². The normalized spacial score (nSPS) is 25.5. The number of fused-ring (bicyclic) bond motifs is 2. The van der Waals surface area contributed by atoms with Gasteiger partial charge in [0.2, 0.25) is 0 Å². The first-order chi connectivity index (χ1) is 18.7. The molecule has 0 aliphatic carbocycles. The van der Waals surface area contributed by atoms with Gasteiger partial charge in [0, 0.05) is 25.3 Å². The van der Waals surface area contributed by atoms with Crippen LogP contribution >= 0.6 is 0 Å². The molecule has 39 heavy (non-hydrogen) atoms. The van der Waals surface area contributed by atoms with Gasteiger partial charge in [-0.25, -0.2) is 9.59 Å². The van der Waals surface area contributed by atoms with Crippen LogP contribution < -0.4 is 10.5 Å². The summed E-state index contributed by atoms with van der Waals surface area (Å²) < 4.78 is 34.8. The van der Waals surface area contributed by atoms with Gasteiger partial charge in [0.15, 0.2) is 12.6 Å². The van der Waals surface area contributed by atoms with Crippen LogP contribution in [0.25, 0.3) is 6.08 Å². The van der Waals surface area contributed by atoms with Crippen molar-refractivity contribution in [3.8, 4) is 5.75 Å². The predicted octanol–water partition coefficient (Wildman–Crippen LogP) is 4.91. The highest BCUT2D eigenvalue weighted by Gasteiger charge is 2.45. The topological polar surface area (TPSA) is 116 Å². The molecular weight excluding hydrogens is 502 g/mol. The quantitative estimate of drug-likeness (QED) is 0.246. The van der Waals surface area contributed by atoms with Gasteiger partial charge in [-0.05, 0) is 57.0 Å². The smallest absolute Gasteiger partial charge is 0.342 e. The van der Waals surface area contributed by atoms with E-state index in [1.54, 1.807) is 55.5 Å². The molecule has 1 unspecified atom stereocenters. The second-order valence-electron chi connectivity index (χ2n) is 9.93. The zero-order valence-electron chi connectivity index (χ0n) is 22.6. The number of hydrogen-bond acceptors (Lipinski definition) is 9. The SMILES string of the molecule is COCOc1cc(N)cc2c1C(=O)O[C@@H](C)C/C=C\C(OC(=O)c1ccccc1)[C@H]1OC(C)(C)O[C@H]1CC=C2. The Morgan fingerprint density at radius 2 is 1.87 bits per heavy atom. The molecule has 4 atom stereocenters. The highest BCUT2D eigenvalue weighted by atomic mass is 16.8. The molecule has 0 amide bonds. The van der Waals surface area contributed by atoms with Crippen molar-refractivity contribution in [1.29, 1.82) is 0 Å². The minimum absolute atomic E-state index is 0.0573. The predicted molar refractivity (Wildman–Crippen MR) is 145 cm³/mol. The number of nitrogen functional groups attached to an aromatic ring is 1. The van der Waals surface area contributed by atoms with Crippen molar-refractivity contribution in [2.75, 3.05) is 19.6 Å². The summed E-state index contributed by atoms with van der Waals surface area (Å²) in [6.07, 6.45) is 5.78. The van der Waals surface area contributed by atoms with Crippen molar-refractivity contribution >= 4 is 23.7 Å². The van der Waals surface area contributed by atoms with Gasteiger partial charge >= 0.3 is 11.9 Å². The van der Waals surface area contributed by atoms with Crippen LogP contribution in [0.1, 0.15) is 59.9 Å². The molecule has 2 aliphatic rings. The number of carbonyl (C=O) groups is 2. The first kappa shape index (κ1) is 28.4. The fraction of sp³-hybridized carbons (Fsp3) is 0.400. The van der Waals surface area contributed by atoms with Crippen LogP contribution in [0.4, 0.5) is 5.69 Å². The molecule has 9 heteroatoms. The zero-order valence-corrected chi connectivity index (χ0v) is 22.6. The molecule has 0 spiro atoms. The molecule has 1 fully saturated rings. The standard InChI is InChI=1S/C30H35NO8/c1-19-10-8-14-23(37-28(32)20-11-6-5-7-12-20)27-24(38-30(2,3)39-27)15-9-13-21-16-22(31)17-25(35-18-34-4)26(21)29(33)36-19/h5-9,11-14,16-17,19,23-24,27H,10,15,18,31H2,1-4H3/b13-9?,14-8-/t19-,23?,24-,27+/m0/s1. The zero-order chi connectivity index (χ0) is 28.0. The number of rotatable bonds is 5. The number of cyclic esters (lactones) is 1. The lowest BCUT2D eigenvalue weighted by molar-refractivity contribution is -0.152. The number of ether oxygens (including phenoxy) is 6. The first-order valence-corrected chi connectivity index (χ1v) is 12.9. The average Bonchev–Trinajstić information content (AvgIpc) is 3.20. The van der Waals surface area contributed by atoms with E-state index in [1.807, 2.05) is 32.1 Å². The van der Waals surface area contributed by atoms with Gasteiger partial charge in [0.25, 0.3) is 0 Å². The summed E-state index contributed by atoms with van der Waals surface area (Å²) in [4.78, 5) is 26.2. The fourth-order valence-electron chi connectivity index (χ4n) is 4.57. The van der Waals surface area contributed by atoms with Crippen molar-refractivity contribution in [2.24, 2.45) is 0 Å². The number of nitrogens with two attached hydrogens (primary N) is 1. The second-order valence-corrected chi connectivity index (χ2v) is 9.93. The summed E-state index contributed by atoms with van der Waals surface area (Å²) in [6.45, 7) is 5.37. The maximum Gasteiger partial charge on any atom is 0.342 e. The highest BCUT2D eigenvalue weighted by molar-refractivity contribution is 5.97. The molecule has 1 saturated heterocycles. The van der Waals surface area contributed by atoms with Crippen molar-refractivity contribution in [3.63, 3.8) is 0 Å². The lowest BCUT2D eigenvalue weighted by Crippen LogP contribution is -2.37.